The van der Waals surface area contributed by atoms with Crippen LogP contribution in [-0.4, -0.2) is 22.8 Å². The number of methoxy groups -OCH3 is 1. The Morgan fingerprint density at radius 3 is 2.50 bits per heavy atom. The van der Waals surface area contributed by atoms with Crippen LogP contribution in [0, 0.1) is 6.92 Å². The molecule has 0 unspecified atom stereocenters. The predicted molar refractivity (Wildman–Crippen MR) is 92.0 cm³/mol. The number of ether oxygens (including phenoxy) is 1. The average molecular weight is 324 g/mol. The summed E-state index contributed by atoms with van der Waals surface area (Å²) in [5.74, 6) is 0.648. The molecule has 0 bridgehead atoms. The maximum Gasteiger partial charge on any atom is 0.333 e. The molecule has 0 fully saturated rings. The van der Waals surface area contributed by atoms with Crippen molar-refractivity contribution >= 4 is 22.6 Å². The van der Waals surface area contributed by atoms with E-state index in [0.717, 1.165) is 15.5 Å². The first-order valence-electron chi connectivity index (χ1n) is 7.30. The van der Waals surface area contributed by atoms with Gasteiger partial charge in [-0.15, -0.1) is 0 Å². The number of aryl methyl sites for hydroxylation is 1. The number of phenolic OH excluding ortho intramolecular Hbond substituents is 1. The van der Waals surface area contributed by atoms with Crippen LogP contribution in [0.3, 0.4) is 0 Å². The van der Waals surface area contributed by atoms with Crippen LogP contribution in [0.15, 0.2) is 53.3 Å². The van der Waals surface area contributed by atoms with Gasteiger partial charge in [-0.2, -0.15) is 0 Å². The molecule has 122 valence electrons. The summed E-state index contributed by atoms with van der Waals surface area (Å²) in [7, 11) is 1.55. The topological polar surface area (TPSA) is 80.6 Å². The van der Waals surface area contributed by atoms with Crippen LogP contribution in [0.4, 0.5) is 10.5 Å². The van der Waals surface area contributed by atoms with E-state index in [1.54, 1.807) is 44.4 Å². The van der Waals surface area contributed by atoms with Crippen LogP contribution in [-0.2, 0) is 0 Å². The Morgan fingerprint density at radius 2 is 1.83 bits per heavy atom. The second-order valence-electron chi connectivity index (χ2n) is 5.36. The van der Waals surface area contributed by atoms with Crippen LogP contribution in [0.1, 0.15) is 5.56 Å². The number of pyridine rings is 1. The Bertz CT molecular complexity index is 975. The van der Waals surface area contributed by atoms with Crippen molar-refractivity contribution in [2.75, 3.05) is 12.4 Å². The van der Waals surface area contributed by atoms with Gasteiger partial charge in [0.25, 0.3) is 5.56 Å². The molecule has 0 aliphatic carbocycles. The predicted octanol–water partition coefficient (Wildman–Crippen LogP) is 3.10. The van der Waals surface area contributed by atoms with E-state index < -0.39 is 11.6 Å². The van der Waals surface area contributed by atoms with Gasteiger partial charge < -0.3 is 15.2 Å². The van der Waals surface area contributed by atoms with Crippen molar-refractivity contribution in [2.45, 2.75) is 6.92 Å². The highest BCUT2D eigenvalue weighted by atomic mass is 16.5. The molecule has 0 aliphatic rings. The molecule has 3 aromatic rings. The molecule has 0 spiro atoms. The fraction of sp³-hybridized carbons (Fsp3) is 0.111. The Balaban J connectivity index is 2.05. The fourth-order valence-electron chi connectivity index (χ4n) is 2.55. The molecule has 0 saturated heterocycles. The molecule has 6 heteroatoms. The van der Waals surface area contributed by atoms with Gasteiger partial charge in [-0.3, -0.25) is 4.79 Å². The number of benzene rings is 2. The van der Waals surface area contributed by atoms with Crippen LogP contribution < -0.4 is 15.6 Å². The monoisotopic (exact) mass is 324 g/mol. The summed E-state index contributed by atoms with van der Waals surface area (Å²) in [6.07, 6.45) is 0. The van der Waals surface area contributed by atoms with E-state index in [1.807, 2.05) is 0 Å². The number of nitrogens with zero attached hydrogens (tertiary/aromatic N) is 1. The van der Waals surface area contributed by atoms with E-state index in [0.29, 0.717) is 17.0 Å². The molecule has 0 radical (unpaired) electrons. The van der Waals surface area contributed by atoms with Gasteiger partial charge in [0.2, 0.25) is 0 Å². The first-order chi connectivity index (χ1) is 11.5. The van der Waals surface area contributed by atoms with Crippen molar-refractivity contribution in [1.29, 1.82) is 0 Å². The van der Waals surface area contributed by atoms with Crippen LogP contribution >= 0.6 is 0 Å². The first-order valence-corrected chi connectivity index (χ1v) is 7.30. The first kappa shape index (κ1) is 15.6. The molecule has 1 aromatic heterocycles. The van der Waals surface area contributed by atoms with Gasteiger partial charge in [0.1, 0.15) is 11.5 Å². The Hall–Kier alpha value is -3.28. The maximum absolute atomic E-state index is 12.6. The average Bonchev–Trinajstić information content (AvgIpc) is 2.55. The summed E-state index contributed by atoms with van der Waals surface area (Å²) in [4.78, 5) is 24.9. The summed E-state index contributed by atoms with van der Waals surface area (Å²) in [5, 5.41) is 13.1. The highest BCUT2D eigenvalue weighted by Crippen LogP contribution is 2.22. The molecular weight excluding hydrogens is 308 g/mol. The highest BCUT2D eigenvalue weighted by molar-refractivity contribution is 5.98. The van der Waals surface area contributed by atoms with E-state index in [4.69, 9.17) is 4.74 Å². The normalized spacial score (nSPS) is 10.6. The third kappa shape index (κ3) is 2.81. The summed E-state index contributed by atoms with van der Waals surface area (Å²) in [5.41, 5.74) is 1.16. The Kier molecular flexibility index (Phi) is 3.95. The Morgan fingerprint density at radius 1 is 1.12 bits per heavy atom. The molecule has 0 aliphatic heterocycles. The van der Waals surface area contributed by atoms with Crippen molar-refractivity contribution in [2.24, 2.45) is 0 Å². The number of hydrogen-bond acceptors (Lipinski definition) is 4. The highest BCUT2D eigenvalue weighted by Gasteiger charge is 2.14. The second-order valence-corrected chi connectivity index (χ2v) is 5.36. The number of carbonyl (C=O) groups excluding carboxylic acids is 1. The number of anilines is 1. The molecular formula is C18H16N2O4. The van der Waals surface area contributed by atoms with Crippen molar-refractivity contribution in [3.63, 3.8) is 0 Å². The quantitative estimate of drug-likeness (QED) is 0.759. The molecule has 2 aromatic carbocycles. The van der Waals surface area contributed by atoms with E-state index >= 15 is 0 Å². The van der Waals surface area contributed by atoms with Gasteiger partial charge >= 0.3 is 6.03 Å². The van der Waals surface area contributed by atoms with Crippen LogP contribution in [0.5, 0.6) is 11.5 Å². The van der Waals surface area contributed by atoms with Crippen molar-refractivity contribution in [3.05, 3.63) is 64.4 Å². The smallest absolute Gasteiger partial charge is 0.333 e. The zero-order valence-electron chi connectivity index (χ0n) is 13.2. The largest absolute Gasteiger partial charge is 0.508 e. The van der Waals surface area contributed by atoms with Crippen molar-refractivity contribution in [3.8, 4) is 11.5 Å². The number of phenols is 1. The number of hydrogen-bond donors (Lipinski definition) is 2. The van der Waals surface area contributed by atoms with Gasteiger partial charge in [0, 0.05) is 23.2 Å². The molecule has 3 rings (SSSR count). The van der Waals surface area contributed by atoms with Gasteiger partial charge in [0.05, 0.1) is 12.6 Å². The lowest BCUT2D eigenvalue weighted by Crippen LogP contribution is -2.31. The number of fused-ring (bicyclic) bond motifs is 1. The van der Waals surface area contributed by atoms with E-state index in [1.165, 1.54) is 18.2 Å². The second kappa shape index (κ2) is 6.08. The van der Waals surface area contributed by atoms with Gasteiger partial charge in [-0.05, 0) is 48.9 Å². The number of carbonyl (C=O) groups is 1. The third-order valence-electron chi connectivity index (χ3n) is 3.75. The van der Waals surface area contributed by atoms with Gasteiger partial charge in [-0.25, -0.2) is 9.36 Å². The zero-order chi connectivity index (χ0) is 17.3. The number of aromatic hydroxyl groups is 1. The van der Waals surface area contributed by atoms with E-state index in [9.17, 15) is 14.7 Å². The van der Waals surface area contributed by atoms with Crippen molar-refractivity contribution in [1.82, 2.24) is 4.57 Å². The molecule has 24 heavy (non-hydrogen) atoms. The Labute approximate surface area is 137 Å². The van der Waals surface area contributed by atoms with E-state index in [2.05, 4.69) is 5.32 Å². The minimum atomic E-state index is -0.597. The fourth-order valence-corrected chi connectivity index (χ4v) is 2.55. The van der Waals surface area contributed by atoms with Gasteiger partial charge in [-0.1, -0.05) is 0 Å². The summed E-state index contributed by atoms with van der Waals surface area (Å²) in [6.45, 7) is 1.78. The molecule has 0 atom stereocenters. The summed E-state index contributed by atoms with van der Waals surface area (Å²) < 4.78 is 6.07. The van der Waals surface area contributed by atoms with Crippen molar-refractivity contribution < 1.29 is 14.6 Å². The standard InChI is InChI=1S/C18H16N2O4/c1-11-9-17(22)20(16-10-13(21)5-8-15(11)16)18(23)19-12-3-6-14(24-2)7-4-12/h3-10,21H,1-2H3,(H,19,23). The molecule has 1 heterocycles. The zero-order valence-corrected chi connectivity index (χ0v) is 13.2. The van der Waals surface area contributed by atoms with Crippen LogP contribution in [0.25, 0.3) is 10.9 Å². The minimum absolute atomic E-state index is 0.0153. The number of aromatic nitrogens is 1. The van der Waals surface area contributed by atoms with E-state index in [-0.39, 0.29) is 5.75 Å². The maximum atomic E-state index is 12.6. The SMILES string of the molecule is COc1ccc(NC(=O)n2c(=O)cc(C)c3ccc(O)cc32)cc1. The number of amides is 1. The molecule has 0 saturated carbocycles. The lowest BCUT2D eigenvalue weighted by atomic mass is 10.1. The van der Waals surface area contributed by atoms with Gasteiger partial charge in [0.15, 0.2) is 0 Å². The summed E-state index contributed by atoms with van der Waals surface area (Å²) in [6, 6.07) is 12.2. The molecule has 2 N–H and O–H groups in total. The third-order valence-corrected chi connectivity index (χ3v) is 3.75. The molecule has 6 nitrogen and oxygen atoms in total. The number of rotatable bonds is 2. The molecule has 1 amide bonds. The number of nitrogens with one attached hydrogen (secondary N) is 1. The minimum Gasteiger partial charge on any atom is -0.508 e. The lowest BCUT2D eigenvalue weighted by Gasteiger charge is -2.12. The van der Waals surface area contributed by atoms with Crippen LogP contribution in [0.2, 0.25) is 0 Å². The lowest BCUT2D eigenvalue weighted by molar-refractivity contribution is 0.253. The summed E-state index contributed by atoms with van der Waals surface area (Å²) >= 11 is 0.